The van der Waals surface area contributed by atoms with E-state index in [4.69, 9.17) is 5.26 Å². The van der Waals surface area contributed by atoms with Crippen molar-refractivity contribution < 1.29 is 4.79 Å². The highest BCUT2D eigenvalue weighted by Crippen LogP contribution is 2.25. The summed E-state index contributed by atoms with van der Waals surface area (Å²) in [5.74, 6) is 0.957. The Morgan fingerprint density at radius 1 is 1.00 bits per heavy atom. The maximum atomic E-state index is 12.2. The third kappa shape index (κ3) is 4.38. The van der Waals surface area contributed by atoms with Crippen molar-refractivity contribution in [1.82, 2.24) is 15.3 Å². The van der Waals surface area contributed by atoms with Crippen LogP contribution >= 0.6 is 0 Å². The number of nitriles is 1. The molecule has 1 amide bonds. The quantitative estimate of drug-likeness (QED) is 0.645. The Morgan fingerprint density at radius 3 is 2.37 bits per heavy atom. The number of nitrogens with one attached hydrogen (secondary N) is 3. The van der Waals surface area contributed by atoms with Crippen molar-refractivity contribution in [3.63, 3.8) is 0 Å². The molecule has 0 saturated heterocycles. The molecular weight excluding hydrogens is 340 g/mol. The predicted molar refractivity (Wildman–Crippen MR) is 104 cm³/mol. The first-order valence-electron chi connectivity index (χ1n) is 8.28. The average molecular weight is 358 g/mol. The first kappa shape index (κ1) is 17.9. The Labute approximate surface area is 157 Å². The number of benzene rings is 1. The summed E-state index contributed by atoms with van der Waals surface area (Å²) >= 11 is 0. The van der Waals surface area contributed by atoms with Crippen LogP contribution in [0.1, 0.15) is 21.5 Å². The summed E-state index contributed by atoms with van der Waals surface area (Å²) in [6, 6.07) is 14.6. The molecule has 0 atom stereocenters. The molecular formula is C20H18N6O. The monoisotopic (exact) mass is 358 g/mol. The Morgan fingerprint density at radius 2 is 1.74 bits per heavy atom. The molecule has 0 fully saturated rings. The number of aromatic nitrogens is 2. The molecule has 2 heterocycles. The third-order valence-corrected chi connectivity index (χ3v) is 3.84. The van der Waals surface area contributed by atoms with Crippen molar-refractivity contribution in [1.29, 1.82) is 5.26 Å². The number of carbonyl (C=O) groups is 1. The van der Waals surface area contributed by atoms with E-state index in [2.05, 4.69) is 32.0 Å². The number of anilines is 4. The molecule has 0 spiro atoms. The maximum Gasteiger partial charge on any atom is 0.254 e. The molecule has 3 N–H and O–H groups in total. The molecule has 27 heavy (non-hydrogen) atoms. The van der Waals surface area contributed by atoms with Gasteiger partial charge in [-0.05, 0) is 42.8 Å². The first-order chi connectivity index (χ1) is 13.1. The van der Waals surface area contributed by atoms with Gasteiger partial charge in [0, 0.05) is 31.2 Å². The number of amides is 1. The molecule has 0 aliphatic carbocycles. The lowest BCUT2D eigenvalue weighted by atomic mass is 10.2. The summed E-state index contributed by atoms with van der Waals surface area (Å²) in [5, 5.41) is 17.8. The lowest BCUT2D eigenvalue weighted by Gasteiger charge is -2.13. The topological polar surface area (TPSA) is 103 Å². The van der Waals surface area contributed by atoms with Gasteiger partial charge < -0.3 is 16.0 Å². The van der Waals surface area contributed by atoms with E-state index < -0.39 is 0 Å². The molecule has 0 radical (unpaired) electrons. The second-order valence-electron chi connectivity index (χ2n) is 5.85. The Bertz CT molecular complexity index is 990. The van der Waals surface area contributed by atoms with E-state index in [1.807, 2.05) is 19.1 Å². The Kier molecular flexibility index (Phi) is 5.28. The molecule has 0 saturated carbocycles. The van der Waals surface area contributed by atoms with Crippen molar-refractivity contribution in [3.05, 3.63) is 71.5 Å². The van der Waals surface area contributed by atoms with E-state index >= 15 is 0 Å². The lowest BCUT2D eigenvalue weighted by molar-refractivity contribution is 0.0963. The minimum atomic E-state index is -0.251. The van der Waals surface area contributed by atoms with Gasteiger partial charge in [0.1, 0.15) is 11.6 Å². The number of pyridine rings is 2. The van der Waals surface area contributed by atoms with Gasteiger partial charge in [0.15, 0.2) is 0 Å². The van der Waals surface area contributed by atoms with E-state index in [9.17, 15) is 4.79 Å². The van der Waals surface area contributed by atoms with E-state index in [1.165, 1.54) is 6.20 Å². The molecule has 2 aromatic heterocycles. The van der Waals surface area contributed by atoms with Crippen LogP contribution in [0.25, 0.3) is 0 Å². The Balaban J connectivity index is 1.91. The van der Waals surface area contributed by atoms with Crippen LogP contribution < -0.4 is 16.0 Å². The molecule has 0 unspecified atom stereocenters. The van der Waals surface area contributed by atoms with Crippen LogP contribution in [-0.4, -0.2) is 22.9 Å². The van der Waals surface area contributed by atoms with E-state index in [0.717, 1.165) is 11.3 Å². The number of rotatable bonds is 5. The number of carbonyl (C=O) groups excluding carboxylic acids is 1. The molecule has 0 aliphatic rings. The van der Waals surface area contributed by atoms with Crippen LogP contribution in [0.4, 0.5) is 23.0 Å². The van der Waals surface area contributed by atoms with Gasteiger partial charge in [0.05, 0.1) is 22.9 Å². The zero-order valence-corrected chi connectivity index (χ0v) is 14.9. The van der Waals surface area contributed by atoms with Crippen molar-refractivity contribution in [2.24, 2.45) is 0 Å². The van der Waals surface area contributed by atoms with Gasteiger partial charge in [-0.15, -0.1) is 0 Å². The van der Waals surface area contributed by atoms with E-state index in [-0.39, 0.29) is 5.91 Å². The summed E-state index contributed by atoms with van der Waals surface area (Å²) < 4.78 is 0. The molecule has 134 valence electrons. The molecule has 0 bridgehead atoms. The highest BCUT2D eigenvalue weighted by atomic mass is 16.1. The fraction of sp³-hybridized carbons (Fsp3) is 0.100. The number of nitrogens with zero attached hydrogens (tertiary/aromatic N) is 3. The second-order valence-corrected chi connectivity index (χ2v) is 5.85. The van der Waals surface area contributed by atoms with Gasteiger partial charge in [-0.3, -0.25) is 4.79 Å². The largest absolute Gasteiger partial charge is 0.355 e. The predicted octanol–water partition coefficient (Wildman–Crippen LogP) is 3.50. The fourth-order valence-electron chi connectivity index (χ4n) is 2.40. The normalized spacial score (nSPS) is 9.96. The van der Waals surface area contributed by atoms with Gasteiger partial charge in [0.25, 0.3) is 5.91 Å². The van der Waals surface area contributed by atoms with Gasteiger partial charge in [-0.1, -0.05) is 6.07 Å². The Hall–Kier alpha value is -3.92. The SMILES string of the molecule is CNC(=O)c1cnc(Nc2ccc(C)cn2)cc1Nc1ccc(C#N)cc1. The maximum absolute atomic E-state index is 12.2. The van der Waals surface area contributed by atoms with Crippen molar-refractivity contribution in [2.75, 3.05) is 17.7 Å². The summed E-state index contributed by atoms with van der Waals surface area (Å²) in [6.07, 6.45) is 3.26. The fourth-order valence-corrected chi connectivity index (χ4v) is 2.40. The van der Waals surface area contributed by atoms with Crippen molar-refractivity contribution >= 4 is 28.9 Å². The standard InChI is InChI=1S/C20H18N6O/c1-13-3-8-18(23-11-13)26-19-9-17(16(12-24-19)20(27)22-2)25-15-6-4-14(10-21)5-7-15/h3-9,11-12H,1-2H3,(H,22,27)(H2,23,24,25,26). The van der Waals surface area contributed by atoms with Gasteiger partial charge >= 0.3 is 0 Å². The van der Waals surface area contributed by atoms with Crippen molar-refractivity contribution in [3.8, 4) is 6.07 Å². The van der Waals surface area contributed by atoms with Crippen LogP contribution in [0, 0.1) is 18.3 Å². The van der Waals surface area contributed by atoms with E-state index in [0.29, 0.717) is 28.5 Å². The molecule has 0 aliphatic heterocycles. The number of aryl methyl sites for hydroxylation is 1. The summed E-state index contributed by atoms with van der Waals surface area (Å²) in [7, 11) is 1.57. The van der Waals surface area contributed by atoms with Crippen molar-refractivity contribution in [2.45, 2.75) is 6.92 Å². The zero-order chi connectivity index (χ0) is 19.2. The van der Waals surface area contributed by atoms with Gasteiger partial charge in [-0.2, -0.15) is 5.26 Å². The summed E-state index contributed by atoms with van der Waals surface area (Å²) in [5.41, 5.74) is 3.37. The molecule has 1 aromatic carbocycles. The minimum absolute atomic E-state index is 0.251. The van der Waals surface area contributed by atoms with Crippen LogP contribution in [0.3, 0.4) is 0 Å². The second kappa shape index (κ2) is 7.97. The van der Waals surface area contributed by atoms with Crippen LogP contribution in [0.5, 0.6) is 0 Å². The molecule has 7 nitrogen and oxygen atoms in total. The number of hydrogen-bond donors (Lipinski definition) is 3. The van der Waals surface area contributed by atoms with Gasteiger partial charge in [0.2, 0.25) is 0 Å². The molecule has 3 rings (SSSR count). The van der Waals surface area contributed by atoms with Gasteiger partial charge in [-0.25, -0.2) is 9.97 Å². The average Bonchev–Trinajstić information content (AvgIpc) is 2.70. The third-order valence-electron chi connectivity index (χ3n) is 3.84. The number of hydrogen-bond acceptors (Lipinski definition) is 6. The highest BCUT2D eigenvalue weighted by Gasteiger charge is 2.13. The highest BCUT2D eigenvalue weighted by molar-refractivity contribution is 6.00. The van der Waals surface area contributed by atoms with Crippen LogP contribution in [0.2, 0.25) is 0 Å². The first-order valence-corrected chi connectivity index (χ1v) is 8.28. The smallest absolute Gasteiger partial charge is 0.254 e. The van der Waals surface area contributed by atoms with Crippen LogP contribution in [-0.2, 0) is 0 Å². The molecule has 7 heteroatoms. The summed E-state index contributed by atoms with van der Waals surface area (Å²) in [4.78, 5) is 20.8. The van der Waals surface area contributed by atoms with E-state index in [1.54, 1.807) is 43.6 Å². The van der Waals surface area contributed by atoms with Crippen LogP contribution in [0.15, 0.2) is 54.9 Å². The zero-order valence-electron chi connectivity index (χ0n) is 14.9. The minimum Gasteiger partial charge on any atom is -0.355 e. The molecule has 3 aromatic rings. The lowest BCUT2D eigenvalue weighted by Crippen LogP contribution is -2.19. The summed E-state index contributed by atoms with van der Waals surface area (Å²) in [6.45, 7) is 1.97.